The molecule has 0 aromatic heterocycles. The van der Waals surface area contributed by atoms with E-state index in [1.807, 2.05) is 0 Å². The van der Waals surface area contributed by atoms with Crippen LogP contribution in [0.4, 0.5) is 0 Å². The van der Waals surface area contributed by atoms with Gasteiger partial charge in [-0.05, 0) is 49.9 Å². The van der Waals surface area contributed by atoms with Crippen molar-refractivity contribution in [3.63, 3.8) is 0 Å². The number of aliphatic hydroxyl groups is 1. The SMILES string of the molecule is CC1CCC(O)(C2CCCCC2)C(C)C1. The second-order valence-corrected chi connectivity index (χ2v) is 6.11. The van der Waals surface area contributed by atoms with E-state index in [0.717, 1.165) is 12.3 Å². The monoisotopic (exact) mass is 210 g/mol. The van der Waals surface area contributed by atoms with Gasteiger partial charge < -0.3 is 5.11 Å². The Morgan fingerprint density at radius 3 is 2.27 bits per heavy atom. The molecule has 0 aromatic rings. The lowest BCUT2D eigenvalue weighted by Crippen LogP contribution is -2.48. The van der Waals surface area contributed by atoms with Crippen LogP contribution in [0.3, 0.4) is 0 Å². The molecule has 2 rings (SSSR count). The molecular formula is C14H26O. The fourth-order valence-electron chi connectivity index (χ4n) is 3.86. The summed E-state index contributed by atoms with van der Waals surface area (Å²) in [7, 11) is 0. The van der Waals surface area contributed by atoms with Gasteiger partial charge in [0.2, 0.25) is 0 Å². The van der Waals surface area contributed by atoms with Gasteiger partial charge in [0.25, 0.3) is 0 Å². The van der Waals surface area contributed by atoms with Crippen LogP contribution < -0.4 is 0 Å². The summed E-state index contributed by atoms with van der Waals surface area (Å²) in [4.78, 5) is 0. The second kappa shape index (κ2) is 4.45. The number of hydrogen-bond acceptors (Lipinski definition) is 1. The molecule has 2 fully saturated rings. The van der Waals surface area contributed by atoms with Crippen LogP contribution in [-0.4, -0.2) is 10.7 Å². The lowest BCUT2D eigenvalue weighted by molar-refractivity contribution is -0.107. The Hall–Kier alpha value is -0.0400. The van der Waals surface area contributed by atoms with Gasteiger partial charge in [0.15, 0.2) is 0 Å². The van der Waals surface area contributed by atoms with Crippen molar-refractivity contribution in [1.29, 1.82) is 0 Å². The van der Waals surface area contributed by atoms with E-state index in [1.165, 1.54) is 44.9 Å². The van der Waals surface area contributed by atoms with Crippen molar-refractivity contribution in [3.8, 4) is 0 Å². The van der Waals surface area contributed by atoms with Gasteiger partial charge in [0.05, 0.1) is 5.60 Å². The number of rotatable bonds is 1. The summed E-state index contributed by atoms with van der Waals surface area (Å²) in [6.07, 6.45) is 10.1. The molecular weight excluding hydrogens is 184 g/mol. The van der Waals surface area contributed by atoms with Crippen LogP contribution in [0.1, 0.15) is 65.2 Å². The molecule has 0 aromatic carbocycles. The lowest BCUT2D eigenvalue weighted by atomic mass is 9.63. The zero-order chi connectivity index (χ0) is 10.9. The fraction of sp³-hybridized carbons (Fsp3) is 1.00. The molecule has 0 aliphatic heterocycles. The number of hydrogen-bond donors (Lipinski definition) is 1. The van der Waals surface area contributed by atoms with Crippen molar-refractivity contribution >= 4 is 0 Å². The Kier molecular flexibility index (Phi) is 3.39. The van der Waals surface area contributed by atoms with Crippen molar-refractivity contribution in [1.82, 2.24) is 0 Å². The molecule has 0 spiro atoms. The summed E-state index contributed by atoms with van der Waals surface area (Å²) >= 11 is 0. The zero-order valence-corrected chi connectivity index (χ0v) is 10.3. The van der Waals surface area contributed by atoms with Gasteiger partial charge >= 0.3 is 0 Å². The molecule has 0 bridgehead atoms. The van der Waals surface area contributed by atoms with Crippen LogP contribution in [0.15, 0.2) is 0 Å². The summed E-state index contributed by atoms with van der Waals surface area (Å²) < 4.78 is 0. The van der Waals surface area contributed by atoms with Crippen molar-refractivity contribution in [2.45, 2.75) is 70.8 Å². The third-order valence-corrected chi connectivity index (χ3v) is 4.96. The minimum Gasteiger partial charge on any atom is -0.389 e. The third kappa shape index (κ3) is 2.22. The quantitative estimate of drug-likeness (QED) is 0.699. The van der Waals surface area contributed by atoms with Gasteiger partial charge in [0, 0.05) is 0 Å². The summed E-state index contributed by atoms with van der Waals surface area (Å²) in [6.45, 7) is 4.60. The maximum absolute atomic E-state index is 10.9. The predicted octanol–water partition coefficient (Wildman–Crippen LogP) is 3.75. The van der Waals surface area contributed by atoms with E-state index in [-0.39, 0.29) is 5.60 Å². The lowest BCUT2D eigenvalue weighted by Gasteiger charge is -2.47. The highest BCUT2D eigenvalue weighted by molar-refractivity contribution is 4.95. The van der Waals surface area contributed by atoms with Gasteiger partial charge in [-0.3, -0.25) is 0 Å². The van der Waals surface area contributed by atoms with E-state index in [2.05, 4.69) is 13.8 Å². The molecule has 0 heterocycles. The summed E-state index contributed by atoms with van der Waals surface area (Å²) in [5, 5.41) is 10.9. The Morgan fingerprint density at radius 1 is 1.00 bits per heavy atom. The average Bonchev–Trinajstić information content (AvgIpc) is 2.25. The first kappa shape index (κ1) is 11.4. The predicted molar refractivity (Wildman–Crippen MR) is 63.7 cm³/mol. The molecule has 2 aliphatic carbocycles. The molecule has 1 N–H and O–H groups in total. The van der Waals surface area contributed by atoms with E-state index >= 15 is 0 Å². The molecule has 2 aliphatic rings. The molecule has 2 saturated carbocycles. The van der Waals surface area contributed by atoms with Crippen LogP contribution in [0.25, 0.3) is 0 Å². The molecule has 0 saturated heterocycles. The largest absolute Gasteiger partial charge is 0.389 e. The summed E-state index contributed by atoms with van der Waals surface area (Å²) in [5.74, 6) is 1.95. The Morgan fingerprint density at radius 2 is 1.67 bits per heavy atom. The van der Waals surface area contributed by atoms with Gasteiger partial charge in [0.1, 0.15) is 0 Å². The molecule has 0 amide bonds. The zero-order valence-electron chi connectivity index (χ0n) is 10.3. The highest BCUT2D eigenvalue weighted by Crippen LogP contribution is 2.46. The van der Waals surface area contributed by atoms with Crippen LogP contribution in [0, 0.1) is 17.8 Å². The van der Waals surface area contributed by atoms with Crippen molar-refractivity contribution in [3.05, 3.63) is 0 Å². The first-order valence-corrected chi connectivity index (χ1v) is 6.85. The average molecular weight is 210 g/mol. The normalized spacial score (nSPS) is 44.2. The molecule has 1 heteroatoms. The fourth-order valence-corrected chi connectivity index (χ4v) is 3.86. The van der Waals surface area contributed by atoms with E-state index in [0.29, 0.717) is 11.8 Å². The van der Waals surface area contributed by atoms with E-state index < -0.39 is 0 Å². The highest BCUT2D eigenvalue weighted by Gasteiger charge is 2.44. The first-order chi connectivity index (χ1) is 7.13. The van der Waals surface area contributed by atoms with Gasteiger partial charge in [-0.2, -0.15) is 0 Å². The minimum atomic E-state index is -0.313. The van der Waals surface area contributed by atoms with E-state index in [9.17, 15) is 5.11 Å². The summed E-state index contributed by atoms with van der Waals surface area (Å²) in [5.41, 5.74) is -0.313. The minimum absolute atomic E-state index is 0.313. The smallest absolute Gasteiger partial charge is 0.0701 e. The maximum Gasteiger partial charge on any atom is 0.0701 e. The van der Waals surface area contributed by atoms with Gasteiger partial charge in [-0.1, -0.05) is 33.1 Å². The summed E-state index contributed by atoms with van der Waals surface area (Å²) in [6, 6.07) is 0. The Balaban J connectivity index is 2.03. The van der Waals surface area contributed by atoms with E-state index in [4.69, 9.17) is 0 Å². The Labute approximate surface area is 94.3 Å². The topological polar surface area (TPSA) is 20.2 Å². The van der Waals surface area contributed by atoms with Crippen LogP contribution >= 0.6 is 0 Å². The van der Waals surface area contributed by atoms with Gasteiger partial charge in [-0.25, -0.2) is 0 Å². The van der Waals surface area contributed by atoms with Crippen molar-refractivity contribution in [2.24, 2.45) is 17.8 Å². The maximum atomic E-state index is 10.9. The van der Waals surface area contributed by atoms with E-state index in [1.54, 1.807) is 0 Å². The van der Waals surface area contributed by atoms with Crippen LogP contribution in [0.2, 0.25) is 0 Å². The van der Waals surface area contributed by atoms with Crippen molar-refractivity contribution < 1.29 is 5.11 Å². The van der Waals surface area contributed by atoms with Crippen LogP contribution in [-0.2, 0) is 0 Å². The molecule has 15 heavy (non-hydrogen) atoms. The third-order valence-electron chi connectivity index (χ3n) is 4.96. The van der Waals surface area contributed by atoms with Gasteiger partial charge in [-0.15, -0.1) is 0 Å². The van der Waals surface area contributed by atoms with Crippen LogP contribution in [0.5, 0.6) is 0 Å². The first-order valence-electron chi connectivity index (χ1n) is 6.85. The highest BCUT2D eigenvalue weighted by atomic mass is 16.3. The molecule has 88 valence electrons. The molecule has 3 atom stereocenters. The molecule has 3 unspecified atom stereocenters. The molecule has 0 radical (unpaired) electrons. The standard InChI is InChI=1S/C14H26O/c1-11-8-9-14(15,12(2)10-11)13-6-4-3-5-7-13/h11-13,15H,3-10H2,1-2H3. The van der Waals surface area contributed by atoms with Crippen molar-refractivity contribution in [2.75, 3.05) is 0 Å². The second-order valence-electron chi connectivity index (χ2n) is 6.11. The Bertz CT molecular complexity index is 207. The molecule has 1 nitrogen and oxygen atoms in total.